The van der Waals surface area contributed by atoms with Crippen LogP contribution in [0.3, 0.4) is 0 Å². The molecule has 70 valence electrons. The summed E-state index contributed by atoms with van der Waals surface area (Å²) in [7, 11) is 1.82. The molecule has 0 saturated heterocycles. The van der Waals surface area contributed by atoms with E-state index in [1.54, 1.807) is 23.3 Å². The van der Waals surface area contributed by atoms with Gasteiger partial charge in [0.2, 0.25) is 12.1 Å². The second kappa shape index (κ2) is 2.22. The molecule has 0 atom stereocenters. The van der Waals surface area contributed by atoms with E-state index >= 15 is 0 Å². The van der Waals surface area contributed by atoms with Gasteiger partial charge in [-0.15, -0.1) is 0 Å². The lowest BCUT2D eigenvalue weighted by Crippen LogP contribution is -2.32. The van der Waals surface area contributed by atoms with E-state index in [1.165, 1.54) is 4.40 Å². The number of hydrogen-bond acceptors (Lipinski definition) is 2. The topological polar surface area (TPSA) is 69.8 Å². The summed E-state index contributed by atoms with van der Waals surface area (Å²) in [4.78, 5) is 21.9. The third-order valence-corrected chi connectivity index (χ3v) is 2.29. The first-order chi connectivity index (χ1) is 6.77. The molecule has 0 radical (unpaired) electrons. The van der Waals surface area contributed by atoms with Crippen LogP contribution in [0.15, 0.2) is 23.5 Å². The number of aryl methyl sites for hydroxylation is 1. The average molecular weight is 190 g/mol. The number of hydrogen-bond donors (Lipinski definition) is 2. The third kappa shape index (κ3) is 0.723. The highest BCUT2D eigenvalue weighted by Gasteiger charge is 2.14. The van der Waals surface area contributed by atoms with Crippen LogP contribution in [0, 0.1) is 0 Å². The Morgan fingerprint density at radius 3 is 3.29 bits per heavy atom. The number of aromatic nitrogens is 5. The van der Waals surface area contributed by atoms with Crippen molar-refractivity contribution in [2.45, 2.75) is 0 Å². The summed E-state index contributed by atoms with van der Waals surface area (Å²) in [6, 6.07) is 0. The van der Waals surface area contributed by atoms with Crippen molar-refractivity contribution in [3.05, 3.63) is 29.1 Å². The molecule has 6 nitrogen and oxygen atoms in total. The zero-order valence-electron chi connectivity index (χ0n) is 7.48. The van der Waals surface area contributed by atoms with Crippen molar-refractivity contribution in [2.75, 3.05) is 0 Å². The number of nitrogens with one attached hydrogen (secondary N) is 2. The van der Waals surface area contributed by atoms with Gasteiger partial charge in [-0.25, -0.2) is 18.9 Å². The maximum Gasteiger partial charge on any atom is 0.310 e. The minimum absolute atomic E-state index is 0.0741. The minimum atomic E-state index is -0.0741. The molecule has 3 heterocycles. The smallest absolute Gasteiger partial charge is 0.288 e. The van der Waals surface area contributed by atoms with E-state index in [1.807, 2.05) is 7.05 Å². The molecule has 0 fully saturated rings. The molecular formula is C8H8N5O+. The fourth-order valence-electron chi connectivity index (χ4n) is 1.61. The van der Waals surface area contributed by atoms with Gasteiger partial charge in [0.15, 0.2) is 0 Å². The lowest BCUT2D eigenvalue weighted by atomic mass is 10.5. The first-order valence-corrected chi connectivity index (χ1v) is 4.19. The zero-order chi connectivity index (χ0) is 9.71. The molecule has 6 heteroatoms. The highest BCUT2D eigenvalue weighted by Crippen LogP contribution is 1.99. The fourth-order valence-corrected chi connectivity index (χ4v) is 1.61. The highest BCUT2D eigenvalue weighted by atomic mass is 16.1. The Balaban J connectivity index is 2.73. The molecule has 0 amide bonds. The van der Waals surface area contributed by atoms with Crippen LogP contribution in [-0.2, 0) is 7.05 Å². The molecule has 0 aromatic carbocycles. The van der Waals surface area contributed by atoms with E-state index in [0.717, 1.165) is 0 Å². The van der Waals surface area contributed by atoms with Crippen molar-refractivity contribution in [1.29, 1.82) is 0 Å². The molecule has 0 spiro atoms. The number of aromatic amines is 2. The van der Waals surface area contributed by atoms with E-state index < -0.39 is 0 Å². The summed E-state index contributed by atoms with van der Waals surface area (Å²) in [5.41, 5.74) is 1.22. The zero-order valence-corrected chi connectivity index (χ0v) is 7.48. The maximum absolute atomic E-state index is 11.9. The molecule has 3 aromatic heterocycles. The number of H-pyrrole nitrogens is 2. The van der Waals surface area contributed by atoms with Gasteiger partial charge >= 0.3 is 5.56 Å². The summed E-state index contributed by atoms with van der Waals surface area (Å²) < 4.78 is 3.23. The van der Waals surface area contributed by atoms with Crippen molar-refractivity contribution in [2.24, 2.45) is 7.05 Å². The Hall–Kier alpha value is -2.11. The van der Waals surface area contributed by atoms with Gasteiger partial charge in [0.25, 0.3) is 11.2 Å². The molecule has 0 aliphatic heterocycles. The first kappa shape index (κ1) is 7.31. The monoisotopic (exact) mass is 190 g/mol. The van der Waals surface area contributed by atoms with Crippen molar-refractivity contribution in [3.63, 3.8) is 0 Å². The van der Waals surface area contributed by atoms with Gasteiger partial charge in [0, 0.05) is 12.4 Å². The van der Waals surface area contributed by atoms with Crippen LogP contribution in [0.25, 0.3) is 16.9 Å². The summed E-state index contributed by atoms with van der Waals surface area (Å²) in [5.74, 6) is 0.546. The van der Waals surface area contributed by atoms with Crippen LogP contribution in [0.5, 0.6) is 0 Å². The number of nitrogens with zero attached hydrogens (tertiary/aromatic N) is 3. The van der Waals surface area contributed by atoms with Gasteiger partial charge in [0.1, 0.15) is 0 Å². The van der Waals surface area contributed by atoms with Crippen molar-refractivity contribution in [3.8, 4) is 0 Å². The highest BCUT2D eigenvalue weighted by molar-refractivity contribution is 5.66. The van der Waals surface area contributed by atoms with Crippen molar-refractivity contribution >= 4 is 16.9 Å². The molecule has 0 aliphatic rings. The summed E-state index contributed by atoms with van der Waals surface area (Å²) >= 11 is 0. The fraction of sp³-hybridized carbons (Fsp3) is 0.125. The normalized spacial score (nSPS) is 11.5. The molecule has 14 heavy (non-hydrogen) atoms. The second-order valence-electron chi connectivity index (χ2n) is 3.16. The summed E-state index contributed by atoms with van der Waals surface area (Å²) in [6.45, 7) is 0. The van der Waals surface area contributed by atoms with Crippen molar-refractivity contribution < 1.29 is 4.57 Å². The van der Waals surface area contributed by atoms with Crippen LogP contribution in [0.2, 0.25) is 0 Å². The Morgan fingerprint density at radius 2 is 2.43 bits per heavy atom. The first-order valence-electron chi connectivity index (χ1n) is 4.19. The molecule has 0 bridgehead atoms. The lowest BCUT2D eigenvalue weighted by molar-refractivity contribution is -0.645. The van der Waals surface area contributed by atoms with Gasteiger partial charge in [-0.05, 0) is 0 Å². The molecule has 0 aliphatic carbocycles. The summed E-state index contributed by atoms with van der Waals surface area (Å²) in [6.07, 6.45) is 4.95. The molecule has 0 saturated carbocycles. The SMILES string of the molecule is C[n+]1c[nH]c2[nH]c3nccn3c(=O)c21. The third-order valence-electron chi connectivity index (χ3n) is 2.29. The lowest BCUT2D eigenvalue weighted by Gasteiger charge is -1.90. The Kier molecular flexibility index (Phi) is 1.16. The van der Waals surface area contributed by atoms with Crippen LogP contribution in [0.1, 0.15) is 0 Å². The van der Waals surface area contributed by atoms with Gasteiger partial charge in [-0.1, -0.05) is 0 Å². The average Bonchev–Trinajstić information content (AvgIpc) is 2.74. The predicted octanol–water partition coefficient (Wildman–Crippen LogP) is -0.672. The van der Waals surface area contributed by atoms with E-state index in [0.29, 0.717) is 16.9 Å². The molecule has 3 aromatic rings. The van der Waals surface area contributed by atoms with Crippen molar-refractivity contribution in [1.82, 2.24) is 19.4 Å². The molecule has 2 N–H and O–H groups in total. The Labute approximate surface area is 77.8 Å². The predicted molar refractivity (Wildman–Crippen MR) is 48.8 cm³/mol. The van der Waals surface area contributed by atoms with Crippen LogP contribution < -0.4 is 10.1 Å². The largest absolute Gasteiger partial charge is 0.310 e. The van der Waals surface area contributed by atoms with E-state index in [4.69, 9.17) is 0 Å². The Morgan fingerprint density at radius 1 is 1.57 bits per heavy atom. The molecule has 3 rings (SSSR count). The Bertz CT molecular complexity index is 674. The number of rotatable bonds is 0. The molecular weight excluding hydrogens is 182 g/mol. The minimum Gasteiger partial charge on any atom is -0.288 e. The summed E-state index contributed by atoms with van der Waals surface area (Å²) in [5, 5.41) is 0. The standard InChI is InChI=1S/C8H7N5O/c1-12-4-10-6-5(12)7(14)13-3-2-9-8(13)11-6/h2-4H,1H3,(H,9,11,14)/p+1. The number of imidazole rings is 2. The number of fused-ring (bicyclic) bond motifs is 2. The van der Waals surface area contributed by atoms with Crippen LogP contribution in [0.4, 0.5) is 0 Å². The van der Waals surface area contributed by atoms with Gasteiger partial charge in [-0.2, -0.15) is 0 Å². The van der Waals surface area contributed by atoms with E-state index in [9.17, 15) is 4.79 Å². The molecule has 0 unspecified atom stereocenters. The van der Waals surface area contributed by atoms with E-state index in [2.05, 4.69) is 15.0 Å². The van der Waals surface area contributed by atoms with Gasteiger partial charge in [0.05, 0.1) is 7.05 Å². The van der Waals surface area contributed by atoms with E-state index in [-0.39, 0.29) is 5.56 Å². The maximum atomic E-state index is 11.9. The second-order valence-corrected chi connectivity index (χ2v) is 3.16. The van der Waals surface area contributed by atoms with Gasteiger partial charge in [-0.3, -0.25) is 9.78 Å². The van der Waals surface area contributed by atoms with Crippen LogP contribution in [-0.4, -0.2) is 19.4 Å². The van der Waals surface area contributed by atoms with Gasteiger partial charge < -0.3 is 0 Å². The van der Waals surface area contributed by atoms with Crippen LogP contribution >= 0.6 is 0 Å². The quantitative estimate of drug-likeness (QED) is 0.461.